The van der Waals surface area contributed by atoms with E-state index in [2.05, 4.69) is 10.2 Å². The third-order valence-corrected chi connectivity index (χ3v) is 5.58. The molecule has 1 heterocycles. The number of methoxy groups -OCH3 is 1. The minimum atomic E-state index is -0.277. The first kappa shape index (κ1) is 20.6. The molecular formula is C22H26ClFN2O2. The maximum Gasteiger partial charge on any atom is 0.223 e. The van der Waals surface area contributed by atoms with Crippen LogP contribution in [0.1, 0.15) is 36.9 Å². The Labute approximate surface area is 170 Å². The quantitative estimate of drug-likeness (QED) is 0.766. The second kappa shape index (κ2) is 9.39. The Bertz CT molecular complexity index is 805. The van der Waals surface area contributed by atoms with Gasteiger partial charge < -0.3 is 10.1 Å². The van der Waals surface area contributed by atoms with Crippen molar-refractivity contribution >= 4 is 17.5 Å². The van der Waals surface area contributed by atoms with E-state index in [0.29, 0.717) is 17.1 Å². The van der Waals surface area contributed by atoms with E-state index in [9.17, 15) is 9.18 Å². The fourth-order valence-electron chi connectivity index (χ4n) is 3.55. The SMILES string of the molecule is COc1ccc(C(C)NC(=O)C2CCN(Cc3ccc(Cl)cc3F)CC2)cc1. The van der Waals surface area contributed by atoms with Gasteiger partial charge in [0.2, 0.25) is 5.91 Å². The van der Waals surface area contributed by atoms with E-state index in [1.165, 1.54) is 6.07 Å². The minimum Gasteiger partial charge on any atom is -0.497 e. The van der Waals surface area contributed by atoms with E-state index in [1.54, 1.807) is 19.2 Å². The molecule has 1 aliphatic heterocycles. The van der Waals surface area contributed by atoms with Gasteiger partial charge in [0.15, 0.2) is 0 Å². The number of nitrogens with one attached hydrogen (secondary N) is 1. The van der Waals surface area contributed by atoms with Crippen LogP contribution in [-0.4, -0.2) is 31.0 Å². The molecule has 4 nitrogen and oxygen atoms in total. The molecule has 0 saturated carbocycles. The van der Waals surface area contributed by atoms with E-state index < -0.39 is 0 Å². The molecule has 0 bridgehead atoms. The highest BCUT2D eigenvalue weighted by molar-refractivity contribution is 6.30. The molecular weight excluding hydrogens is 379 g/mol. The lowest BCUT2D eigenvalue weighted by molar-refractivity contribution is -0.127. The Morgan fingerprint density at radius 2 is 1.93 bits per heavy atom. The molecule has 2 aromatic rings. The van der Waals surface area contributed by atoms with Crippen LogP contribution in [-0.2, 0) is 11.3 Å². The zero-order chi connectivity index (χ0) is 20.1. The van der Waals surface area contributed by atoms with Crippen molar-refractivity contribution in [1.82, 2.24) is 10.2 Å². The normalized spacial score (nSPS) is 16.6. The van der Waals surface area contributed by atoms with Gasteiger partial charge in [-0.2, -0.15) is 0 Å². The lowest BCUT2D eigenvalue weighted by atomic mass is 9.94. The number of nitrogens with zero attached hydrogens (tertiary/aromatic N) is 1. The summed E-state index contributed by atoms with van der Waals surface area (Å²) in [5.41, 5.74) is 1.69. The zero-order valence-electron chi connectivity index (χ0n) is 16.3. The molecule has 1 atom stereocenters. The first-order chi connectivity index (χ1) is 13.5. The van der Waals surface area contributed by atoms with Gasteiger partial charge in [0.25, 0.3) is 0 Å². The van der Waals surface area contributed by atoms with E-state index in [4.69, 9.17) is 16.3 Å². The van der Waals surface area contributed by atoms with Gasteiger partial charge in [-0.05, 0) is 62.7 Å². The van der Waals surface area contributed by atoms with E-state index in [-0.39, 0.29) is 23.7 Å². The van der Waals surface area contributed by atoms with Crippen molar-refractivity contribution in [3.63, 3.8) is 0 Å². The summed E-state index contributed by atoms with van der Waals surface area (Å²) in [5, 5.41) is 3.52. The Morgan fingerprint density at radius 3 is 2.54 bits per heavy atom. The molecule has 0 aromatic heterocycles. The van der Waals surface area contributed by atoms with Crippen molar-refractivity contribution in [3.05, 3.63) is 64.4 Å². The smallest absolute Gasteiger partial charge is 0.223 e. The minimum absolute atomic E-state index is 0.00740. The summed E-state index contributed by atoms with van der Waals surface area (Å²) in [4.78, 5) is 14.8. The molecule has 0 spiro atoms. The predicted molar refractivity (Wildman–Crippen MR) is 109 cm³/mol. The molecule has 2 aromatic carbocycles. The highest BCUT2D eigenvalue weighted by Crippen LogP contribution is 2.23. The molecule has 1 saturated heterocycles. The van der Waals surface area contributed by atoms with Gasteiger partial charge in [-0.15, -0.1) is 0 Å². The second-order valence-corrected chi connectivity index (χ2v) is 7.73. The third-order valence-electron chi connectivity index (χ3n) is 5.34. The highest BCUT2D eigenvalue weighted by atomic mass is 35.5. The molecule has 150 valence electrons. The van der Waals surface area contributed by atoms with Crippen molar-refractivity contribution in [3.8, 4) is 5.75 Å². The van der Waals surface area contributed by atoms with Crippen molar-refractivity contribution in [2.24, 2.45) is 5.92 Å². The first-order valence-electron chi connectivity index (χ1n) is 9.57. The first-order valence-corrected chi connectivity index (χ1v) is 9.94. The van der Waals surface area contributed by atoms with Gasteiger partial charge in [-0.1, -0.05) is 29.8 Å². The number of likely N-dealkylation sites (tertiary alicyclic amines) is 1. The van der Waals surface area contributed by atoms with Crippen LogP contribution in [0.2, 0.25) is 5.02 Å². The lowest BCUT2D eigenvalue weighted by Gasteiger charge is -2.32. The van der Waals surface area contributed by atoms with E-state index >= 15 is 0 Å². The van der Waals surface area contributed by atoms with Crippen molar-refractivity contribution in [2.45, 2.75) is 32.4 Å². The van der Waals surface area contributed by atoms with Crippen LogP contribution in [0, 0.1) is 11.7 Å². The van der Waals surface area contributed by atoms with Crippen molar-refractivity contribution < 1.29 is 13.9 Å². The van der Waals surface area contributed by atoms with Crippen LogP contribution in [0.25, 0.3) is 0 Å². The summed E-state index contributed by atoms with van der Waals surface area (Å²) in [7, 11) is 1.63. The average Bonchev–Trinajstić information content (AvgIpc) is 2.70. The zero-order valence-corrected chi connectivity index (χ0v) is 17.0. The van der Waals surface area contributed by atoms with E-state index in [0.717, 1.165) is 37.2 Å². The van der Waals surface area contributed by atoms with Gasteiger partial charge in [-0.25, -0.2) is 4.39 Å². The van der Waals surface area contributed by atoms with Gasteiger partial charge in [0.1, 0.15) is 11.6 Å². The van der Waals surface area contributed by atoms with Crippen LogP contribution < -0.4 is 10.1 Å². The molecule has 28 heavy (non-hydrogen) atoms. The van der Waals surface area contributed by atoms with Gasteiger partial charge in [0, 0.05) is 23.0 Å². The largest absolute Gasteiger partial charge is 0.497 e. The topological polar surface area (TPSA) is 41.6 Å². The van der Waals surface area contributed by atoms with Crippen LogP contribution in [0.15, 0.2) is 42.5 Å². The number of halogens is 2. The standard InChI is InChI=1S/C22H26ClFN2O2/c1-15(16-4-7-20(28-2)8-5-16)25-22(27)17-9-11-26(12-10-17)14-18-3-6-19(23)13-21(18)24/h3-8,13,15,17H,9-12,14H2,1-2H3,(H,25,27). The Kier molecular flexibility index (Phi) is 6.92. The van der Waals surface area contributed by atoms with Gasteiger partial charge in [0.05, 0.1) is 13.2 Å². The second-order valence-electron chi connectivity index (χ2n) is 7.29. The Balaban J connectivity index is 1.49. The summed E-state index contributed by atoms with van der Waals surface area (Å²) < 4.78 is 19.1. The number of piperidine rings is 1. The fourth-order valence-corrected chi connectivity index (χ4v) is 3.71. The maximum atomic E-state index is 14.0. The molecule has 1 fully saturated rings. The monoisotopic (exact) mass is 404 g/mol. The predicted octanol–water partition coefficient (Wildman–Crippen LogP) is 4.58. The number of benzene rings is 2. The van der Waals surface area contributed by atoms with Crippen LogP contribution >= 0.6 is 11.6 Å². The fraction of sp³-hybridized carbons (Fsp3) is 0.409. The number of rotatable bonds is 6. The number of carbonyl (C=O) groups excluding carboxylic acids is 1. The molecule has 6 heteroatoms. The number of amides is 1. The maximum absolute atomic E-state index is 14.0. The number of hydrogen-bond acceptors (Lipinski definition) is 3. The molecule has 1 N–H and O–H groups in total. The third kappa shape index (κ3) is 5.24. The molecule has 0 aliphatic carbocycles. The summed E-state index contributed by atoms with van der Waals surface area (Å²) in [5.74, 6) is 0.597. The van der Waals surface area contributed by atoms with Gasteiger partial charge in [-0.3, -0.25) is 9.69 Å². The Hall–Kier alpha value is -2.11. The number of ether oxygens (including phenoxy) is 1. The molecule has 1 amide bonds. The molecule has 3 rings (SSSR count). The van der Waals surface area contributed by atoms with E-state index in [1.807, 2.05) is 31.2 Å². The summed E-state index contributed by atoms with van der Waals surface area (Å²) in [6.45, 7) is 4.08. The number of hydrogen-bond donors (Lipinski definition) is 1. The van der Waals surface area contributed by atoms with Crippen LogP contribution in [0.4, 0.5) is 4.39 Å². The average molecular weight is 405 g/mol. The van der Waals surface area contributed by atoms with Crippen molar-refractivity contribution in [1.29, 1.82) is 0 Å². The summed E-state index contributed by atoms with van der Waals surface area (Å²) in [6.07, 6.45) is 1.55. The Morgan fingerprint density at radius 1 is 1.25 bits per heavy atom. The van der Waals surface area contributed by atoms with Crippen LogP contribution in [0.5, 0.6) is 5.75 Å². The number of carbonyl (C=O) groups is 1. The highest BCUT2D eigenvalue weighted by Gasteiger charge is 2.26. The molecule has 0 radical (unpaired) electrons. The molecule has 1 aliphatic rings. The van der Waals surface area contributed by atoms with Crippen LogP contribution in [0.3, 0.4) is 0 Å². The summed E-state index contributed by atoms with van der Waals surface area (Å²) >= 11 is 5.81. The van der Waals surface area contributed by atoms with Crippen molar-refractivity contribution in [2.75, 3.05) is 20.2 Å². The molecule has 1 unspecified atom stereocenters. The van der Waals surface area contributed by atoms with Gasteiger partial charge >= 0.3 is 0 Å². The summed E-state index contributed by atoms with van der Waals surface area (Å²) in [6, 6.07) is 12.4. The lowest BCUT2D eigenvalue weighted by Crippen LogP contribution is -2.41.